The Bertz CT molecular complexity index is 651. The summed E-state index contributed by atoms with van der Waals surface area (Å²) in [5.41, 5.74) is 2.00. The second-order valence-corrected chi connectivity index (χ2v) is 6.69. The molecule has 5 rings (SSSR count). The minimum atomic E-state index is -0.409. The number of aromatic nitrogens is 1. The Kier molecular flexibility index (Phi) is 3.20. The van der Waals surface area contributed by atoms with Crippen molar-refractivity contribution in [3.63, 3.8) is 0 Å². The van der Waals surface area contributed by atoms with Crippen LogP contribution in [0.1, 0.15) is 31.4 Å². The van der Waals surface area contributed by atoms with Crippen LogP contribution < -0.4 is 0 Å². The number of hydrogen-bond acceptors (Lipinski definition) is 3. The lowest BCUT2D eigenvalue weighted by molar-refractivity contribution is -0.0510. The second kappa shape index (κ2) is 5.08. The lowest BCUT2D eigenvalue weighted by Crippen LogP contribution is -2.54. The maximum absolute atomic E-state index is 11.0. The molecule has 2 bridgehead atoms. The van der Waals surface area contributed by atoms with E-state index in [1.807, 2.05) is 30.5 Å². The number of rotatable bonds is 2. The van der Waals surface area contributed by atoms with Crippen molar-refractivity contribution in [1.29, 1.82) is 0 Å². The molecule has 110 valence electrons. The summed E-state index contributed by atoms with van der Waals surface area (Å²) >= 11 is 0. The van der Waals surface area contributed by atoms with Gasteiger partial charge < -0.3 is 5.11 Å². The number of hydrogen-bond donors (Lipinski definition) is 1. The molecule has 3 saturated heterocycles. The molecule has 3 nitrogen and oxygen atoms in total. The summed E-state index contributed by atoms with van der Waals surface area (Å²) in [7, 11) is 0. The second-order valence-electron chi connectivity index (χ2n) is 6.69. The van der Waals surface area contributed by atoms with Gasteiger partial charge in [-0.05, 0) is 48.9 Å². The van der Waals surface area contributed by atoms with Crippen LogP contribution in [0.15, 0.2) is 36.5 Å². The van der Waals surface area contributed by atoms with Crippen LogP contribution >= 0.6 is 0 Å². The van der Waals surface area contributed by atoms with Crippen LogP contribution in [0.25, 0.3) is 10.9 Å². The average molecular weight is 282 g/mol. The van der Waals surface area contributed by atoms with E-state index >= 15 is 0 Å². The quantitative estimate of drug-likeness (QED) is 0.920. The average Bonchev–Trinajstić information content (AvgIpc) is 2.54. The number of aliphatic hydroxyl groups is 1. The number of benzene rings is 1. The smallest absolute Gasteiger partial charge is 0.0952 e. The third-order valence-electron chi connectivity index (χ3n) is 5.49. The first-order valence-corrected chi connectivity index (χ1v) is 8.00. The van der Waals surface area contributed by atoms with Crippen molar-refractivity contribution in [1.82, 2.24) is 9.88 Å². The molecule has 5 atom stereocenters. The minimum absolute atomic E-state index is 0.269. The van der Waals surface area contributed by atoms with Gasteiger partial charge in [0, 0.05) is 24.2 Å². The van der Waals surface area contributed by atoms with Crippen LogP contribution in [0.4, 0.5) is 0 Å². The Hall–Kier alpha value is -1.45. The van der Waals surface area contributed by atoms with E-state index in [9.17, 15) is 5.11 Å². The van der Waals surface area contributed by atoms with Gasteiger partial charge in [0.1, 0.15) is 0 Å². The largest absolute Gasteiger partial charge is 0.387 e. The van der Waals surface area contributed by atoms with Gasteiger partial charge in [0.2, 0.25) is 0 Å². The molecule has 21 heavy (non-hydrogen) atoms. The van der Waals surface area contributed by atoms with Gasteiger partial charge >= 0.3 is 0 Å². The van der Waals surface area contributed by atoms with Crippen LogP contribution in [0.3, 0.4) is 0 Å². The summed E-state index contributed by atoms with van der Waals surface area (Å²) in [6.07, 6.45) is 3.83. The van der Waals surface area contributed by atoms with Crippen LogP contribution in [-0.4, -0.2) is 34.1 Å². The Morgan fingerprint density at radius 3 is 2.90 bits per heavy atom. The number of pyridine rings is 1. The summed E-state index contributed by atoms with van der Waals surface area (Å²) < 4.78 is 0. The molecule has 0 saturated carbocycles. The van der Waals surface area contributed by atoms with Gasteiger partial charge in [-0.1, -0.05) is 25.1 Å². The molecule has 1 aromatic carbocycles. The van der Waals surface area contributed by atoms with Crippen LogP contribution in [-0.2, 0) is 0 Å². The molecule has 4 heterocycles. The number of fused-ring (bicyclic) bond motifs is 4. The Balaban J connectivity index is 1.69. The van der Waals surface area contributed by atoms with Crippen molar-refractivity contribution in [2.75, 3.05) is 13.1 Å². The summed E-state index contributed by atoms with van der Waals surface area (Å²) in [5, 5.41) is 12.1. The molecule has 0 aliphatic carbocycles. The summed E-state index contributed by atoms with van der Waals surface area (Å²) in [6, 6.07) is 10.4. The maximum Gasteiger partial charge on any atom is 0.0952 e. The van der Waals surface area contributed by atoms with Gasteiger partial charge in [-0.3, -0.25) is 9.88 Å². The fourth-order valence-corrected chi connectivity index (χ4v) is 4.25. The molecular formula is C18H22N2O. The standard InChI is InChI=1S/C18H22N2O/c1-12-11-20-9-7-13(12)10-17(20)18(21)15-6-8-19-16-5-3-2-4-14(15)16/h2-6,8,12-13,17-18,21H,7,9-11H2,1H3/t12?,13?,17?,18-/m1/s1. The SMILES string of the molecule is CC1CN2CCC1CC2[C@H](O)c1ccnc2ccccc12. The van der Waals surface area contributed by atoms with E-state index in [0.29, 0.717) is 0 Å². The van der Waals surface area contributed by atoms with Crippen molar-refractivity contribution in [3.8, 4) is 0 Å². The Labute approximate surface area is 125 Å². The molecule has 3 heteroatoms. The fourth-order valence-electron chi connectivity index (χ4n) is 4.25. The molecule has 0 spiro atoms. The lowest BCUT2D eigenvalue weighted by atomic mass is 9.74. The van der Waals surface area contributed by atoms with Crippen LogP contribution in [0, 0.1) is 11.8 Å². The molecule has 0 amide bonds. The normalized spacial score (nSPS) is 33.2. The number of nitrogens with zero attached hydrogens (tertiary/aromatic N) is 2. The first-order chi connectivity index (χ1) is 10.2. The fraction of sp³-hybridized carbons (Fsp3) is 0.500. The highest BCUT2D eigenvalue weighted by Gasteiger charge is 2.41. The van der Waals surface area contributed by atoms with E-state index in [0.717, 1.165) is 47.8 Å². The highest BCUT2D eigenvalue weighted by molar-refractivity contribution is 5.82. The zero-order valence-electron chi connectivity index (χ0n) is 12.4. The highest BCUT2D eigenvalue weighted by Crippen LogP contribution is 2.41. The molecular weight excluding hydrogens is 260 g/mol. The summed E-state index contributed by atoms with van der Waals surface area (Å²) in [4.78, 5) is 6.90. The minimum Gasteiger partial charge on any atom is -0.387 e. The van der Waals surface area contributed by atoms with Crippen LogP contribution in [0.5, 0.6) is 0 Å². The van der Waals surface area contributed by atoms with Gasteiger partial charge in [0.05, 0.1) is 11.6 Å². The van der Waals surface area contributed by atoms with E-state index in [1.54, 1.807) is 0 Å². The summed E-state index contributed by atoms with van der Waals surface area (Å²) in [5.74, 6) is 1.55. The van der Waals surface area contributed by atoms with E-state index in [-0.39, 0.29) is 6.04 Å². The topological polar surface area (TPSA) is 36.4 Å². The number of para-hydroxylation sites is 1. The number of piperidine rings is 3. The Morgan fingerprint density at radius 2 is 2.14 bits per heavy atom. The van der Waals surface area contributed by atoms with Crippen molar-refractivity contribution in [2.24, 2.45) is 11.8 Å². The zero-order chi connectivity index (χ0) is 14.4. The number of aliphatic hydroxyl groups excluding tert-OH is 1. The molecule has 1 aromatic heterocycles. The third kappa shape index (κ3) is 2.16. The molecule has 3 aliphatic rings. The van der Waals surface area contributed by atoms with Crippen molar-refractivity contribution in [2.45, 2.75) is 31.9 Å². The molecule has 2 aromatic rings. The monoisotopic (exact) mass is 282 g/mol. The molecule has 4 unspecified atom stereocenters. The molecule has 3 fully saturated rings. The van der Waals surface area contributed by atoms with Crippen molar-refractivity contribution >= 4 is 10.9 Å². The van der Waals surface area contributed by atoms with Gasteiger partial charge in [0.15, 0.2) is 0 Å². The zero-order valence-corrected chi connectivity index (χ0v) is 12.4. The first-order valence-electron chi connectivity index (χ1n) is 8.00. The van der Waals surface area contributed by atoms with E-state index in [4.69, 9.17) is 0 Å². The van der Waals surface area contributed by atoms with Gasteiger partial charge in [-0.25, -0.2) is 0 Å². The van der Waals surface area contributed by atoms with E-state index in [1.165, 1.54) is 6.42 Å². The van der Waals surface area contributed by atoms with Crippen molar-refractivity contribution in [3.05, 3.63) is 42.1 Å². The van der Waals surface area contributed by atoms with Crippen molar-refractivity contribution < 1.29 is 5.11 Å². The van der Waals surface area contributed by atoms with Crippen LogP contribution in [0.2, 0.25) is 0 Å². The third-order valence-corrected chi connectivity index (χ3v) is 5.49. The van der Waals surface area contributed by atoms with Gasteiger partial charge in [0.25, 0.3) is 0 Å². The highest BCUT2D eigenvalue weighted by atomic mass is 16.3. The van der Waals surface area contributed by atoms with E-state index < -0.39 is 6.10 Å². The Morgan fingerprint density at radius 1 is 1.29 bits per heavy atom. The van der Waals surface area contributed by atoms with Gasteiger partial charge in [-0.15, -0.1) is 0 Å². The maximum atomic E-state index is 11.0. The summed E-state index contributed by atoms with van der Waals surface area (Å²) in [6.45, 7) is 4.62. The van der Waals surface area contributed by atoms with E-state index in [2.05, 4.69) is 22.9 Å². The predicted octanol–water partition coefficient (Wildman–Crippen LogP) is 3.00. The molecule has 3 aliphatic heterocycles. The van der Waals surface area contributed by atoms with Gasteiger partial charge in [-0.2, -0.15) is 0 Å². The molecule has 1 N–H and O–H groups in total. The first kappa shape index (κ1) is 13.2. The molecule has 0 radical (unpaired) electrons. The lowest BCUT2D eigenvalue weighted by Gasteiger charge is -2.50. The predicted molar refractivity (Wildman–Crippen MR) is 84.0 cm³/mol.